The summed E-state index contributed by atoms with van der Waals surface area (Å²) >= 11 is 0. The van der Waals surface area contributed by atoms with Gasteiger partial charge in [-0.3, -0.25) is 9.59 Å². The van der Waals surface area contributed by atoms with Gasteiger partial charge >= 0.3 is 0 Å². The number of nitrogens with one attached hydrogen (secondary N) is 1. The molecular weight excluding hydrogens is 312 g/mol. The molecule has 0 spiro atoms. The van der Waals surface area contributed by atoms with Crippen LogP contribution >= 0.6 is 0 Å². The third kappa shape index (κ3) is 5.07. The molecule has 25 heavy (non-hydrogen) atoms. The number of amides is 2. The minimum absolute atomic E-state index is 0.00557. The Balaban J connectivity index is 1.95. The van der Waals surface area contributed by atoms with Crippen molar-refractivity contribution in [3.63, 3.8) is 0 Å². The predicted octanol–water partition coefficient (Wildman–Crippen LogP) is 3.78. The fraction of sp³-hybridized carbons (Fsp3) is 0.619. The first kappa shape index (κ1) is 19.5. The zero-order chi connectivity index (χ0) is 18.6. The largest absolute Gasteiger partial charge is 0.349 e. The first-order valence-electron chi connectivity index (χ1n) is 9.35. The molecule has 138 valence electrons. The average molecular weight is 344 g/mol. The maximum atomic E-state index is 12.7. The molecule has 1 N–H and O–H groups in total. The molecule has 2 rings (SSSR count). The SMILES string of the molecule is CC(C)C(NC(=O)C1CCN(C(=O)C(C)(C)C)CC1)c1ccccc1. The van der Waals surface area contributed by atoms with Crippen LogP contribution in [-0.4, -0.2) is 29.8 Å². The van der Waals surface area contributed by atoms with Crippen molar-refractivity contribution in [2.45, 2.75) is 53.5 Å². The Hall–Kier alpha value is -1.84. The van der Waals surface area contributed by atoms with Gasteiger partial charge in [0.15, 0.2) is 0 Å². The van der Waals surface area contributed by atoms with Crippen molar-refractivity contribution in [1.82, 2.24) is 10.2 Å². The van der Waals surface area contributed by atoms with Crippen LogP contribution in [0, 0.1) is 17.3 Å². The van der Waals surface area contributed by atoms with E-state index in [1.165, 1.54) is 0 Å². The van der Waals surface area contributed by atoms with Gasteiger partial charge in [0.05, 0.1) is 6.04 Å². The van der Waals surface area contributed by atoms with E-state index in [1.54, 1.807) is 0 Å². The number of benzene rings is 1. The van der Waals surface area contributed by atoms with Gasteiger partial charge in [0.25, 0.3) is 0 Å². The smallest absolute Gasteiger partial charge is 0.227 e. The van der Waals surface area contributed by atoms with Gasteiger partial charge in [0.1, 0.15) is 0 Å². The molecule has 1 aliphatic heterocycles. The Morgan fingerprint density at radius 1 is 1.08 bits per heavy atom. The molecule has 1 atom stereocenters. The summed E-state index contributed by atoms with van der Waals surface area (Å²) in [6.07, 6.45) is 1.49. The average Bonchev–Trinajstić information content (AvgIpc) is 2.58. The van der Waals surface area contributed by atoms with Crippen LogP contribution in [0.1, 0.15) is 59.1 Å². The van der Waals surface area contributed by atoms with Crippen molar-refractivity contribution >= 4 is 11.8 Å². The van der Waals surface area contributed by atoms with Gasteiger partial charge in [-0.15, -0.1) is 0 Å². The monoisotopic (exact) mass is 344 g/mol. The number of carbonyl (C=O) groups excluding carboxylic acids is 2. The fourth-order valence-electron chi connectivity index (χ4n) is 3.39. The number of hydrogen-bond acceptors (Lipinski definition) is 2. The van der Waals surface area contributed by atoms with E-state index < -0.39 is 0 Å². The quantitative estimate of drug-likeness (QED) is 0.903. The molecule has 1 unspecified atom stereocenters. The number of rotatable bonds is 4. The van der Waals surface area contributed by atoms with Gasteiger partial charge in [0, 0.05) is 24.4 Å². The number of carbonyl (C=O) groups is 2. The van der Waals surface area contributed by atoms with Crippen molar-refractivity contribution in [3.05, 3.63) is 35.9 Å². The van der Waals surface area contributed by atoms with Crippen LogP contribution < -0.4 is 5.32 Å². The van der Waals surface area contributed by atoms with Crippen LogP contribution in [0.25, 0.3) is 0 Å². The van der Waals surface area contributed by atoms with E-state index in [1.807, 2.05) is 43.9 Å². The molecule has 1 heterocycles. The Morgan fingerprint density at radius 3 is 2.12 bits per heavy atom. The van der Waals surface area contributed by atoms with Crippen LogP contribution in [0.2, 0.25) is 0 Å². The highest BCUT2D eigenvalue weighted by Crippen LogP contribution is 2.26. The van der Waals surface area contributed by atoms with E-state index in [0.717, 1.165) is 18.4 Å². The van der Waals surface area contributed by atoms with Gasteiger partial charge in [-0.05, 0) is 24.3 Å². The minimum Gasteiger partial charge on any atom is -0.349 e. The van der Waals surface area contributed by atoms with E-state index in [0.29, 0.717) is 19.0 Å². The van der Waals surface area contributed by atoms with E-state index in [9.17, 15) is 9.59 Å². The molecule has 0 aliphatic carbocycles. The molecule has 0 aromatic heterocycles. The lowest BCUT2D eigenvalue weighted by Crippen LogP contribution is -2.47. The molecule has 4 heteroatoms. The summed E-state index contributed by atoms with van der Waals surface area (Å²) in [5.41, 5.74) is 0.789. The number of nitrogens with zero attached hydrogens (tertiary/aromatic N) is 1. The van der Waals surface area contributed by atoms with Crippen LogP contribution in [0.15, 0.2) is 30.3 Å². The Kier molecular flexibility index (Phi) is 6.26. The Labute approximate surface area is 152 Å². The number of piperidine rings is 1. The van der Waals surface area contributed by atoms with Crippen LogP contribution in [0.4, 0.5) is 0 Å². The minimum atomic E-state index is -0.356. The molecular formula is C21H32N2O2. The number of likely N-dealkylation sites (tertiary alicyclic amines) is 1. The molecule has 1 aromatic rings. The normalized spacial score (nSPS) is 17.4. The molecule has 0 bridgehead atoms. The summed E-state index contributed by atoms with van der Waals surface area (Å²) < 4.78 is 0. The van der Waals surface area contributed by atoms with Crippen LogP contribution in [-0.2, 0) is 9.59 Å². The van der Waals surface area contributed by atoms with Gasteiger partial charge < -0.3 is 10.2 Å². The molecule has 4 nitrogen and oxygen atoms in total. The summed E-state index contributed by atoms with van der Waals surface area (Å²) in [6, 6.07) is 10.2. The maximum absolute atomic E-state index is 12.7. The maximum Gasteiger partial charge on any atom is 0.227 e. The predicted molar refractivity (Wildman–Crippen MR) is 101 cm³/mol. The van der Waals surface area contributed by atoms with E-state index in [4.69, 9.17) is 0 Å². The van der Waals surface area contributed by atoms with E-state index in [-0.39, 0.29) is 29.2 Å². The molecule has 2 amide bonds. The molecule has 0 radical (unpaired) electrons. The van der Waals surface area contributed by atoms with Gasteiger partial charge in [-0.2, -0.15) is 0 Å². The summed E-state index contributed by atoms with van der Waals surface area (Å²) in [6.45, 7) is 11.4. The summed E-state index contributed by atoms with van der Waals surface area (Å²) in [7, 11) is 0. The van der Waals surface area contributed by atoms with Crippen molar-refractivity contribution < 1.29 is 9.59 Å². The lowest BCUT2D eigenvalue weighted by atomic mass is 9.90. The molecule has 1 aromatic carbocycles. The first-order valence-corrected chi connectivity index (χ1v) is 9.35. The second kappa shape index (κ2) is 8.03. The lowest BCUT2D eigenvalue weighted by Gasteiger charge is -2.36. The van der Waals surface area contributed by atoms with Gasteiger partial charge in [-0.1, -0.05) is 65.0 Å². The highest BCUT2D eigenvalue weighted by Gasteiger charge is 2.33. The summed E-state index contributed by atoms with van der Waals surface area (Å²) in [4.78, 5) is 27.0. The third-order valence-corrected chi connectivity index (χ3v) is 4.92. The van der Waals surface area contributed by atoms with Crippen molar-refractivity contribution in [3.8, 4) is 0 Å². The third-order valence-electron chi connectivity index (χ3n) is 4.92. The highest BCUT2D eigenvalue weighted by atomic mass is 16.2. The molecule has 1 fully saturated rings. The van der Waals surface area contributed by atoms with Crippen LogP contribution in [0.3, 0.4) is 0 Å². The fourth-order valence-corrected chi connectivity index (χ4v) is 3.39. The van der Waals surface area contributed by atoms with E-state index in [2.05, 4.69) is 31.3 Å². The van der Waals surface area contributed by atoms with Crippen molar-refractivity contribution in [1.29, 1.82) is 0 Å². The van der Waals surface area contributed by atoms with Gasteiger partial charge in [0.2, 0.25) is 11.8 Å². The zero-order valence-corrected chi connectivity index (χ0v) is 16.2. The first-order chi connectivity index (χ1) is 11.7. The summed E-state index contributed by atoms with van der Waals surface area (Å²) in [5.74, 6) is 0.615. The Morgan fingerprint density at radius 2 is 1.64 bits per heavy atom. The lowest BCUT2D eigenvalue weighted by molar-refractivity contribution is -0.142. The molecule has 1 saturated heterocycles. The Bertz CT molecular complexity index is 582. The van der Waals surface area contributed by atoms with E-state index >= 15 is 0 Å². The zero-order valence-electron chi connectivity index (χ0n) is 16.2. The molecule has 1 aliphatic rings. The topological polar surface area (TPSA) is 49.4 Å². The van der Waals surface area contributed by atoms with Gasteiger partial charge in [-0.25, -0.2) is 0 Å². The second-order valence-electron chi connectivity index (χ2n) is 8.46. The molecule has 0 saturated carbocycles. The van der Waals surface area contributed by atoms with Crippen LogP contribution in [0.5, 0.6) is 0 Å². The highest BCUT2D eigenvalue weighted by molar-refractivity contribution is 5.83. The number of hydrogen-bond donors (Lipinski definition) is 1. The van der Waals surface area contributed by atoms with Crippen molar-refractivity contribution in [2.24, 2.45) is 17.3 Å². The van der Waals surface area contributed by atoms with Crippen molar-refractivity contribution in [2.75, 3.05) is 13.1 Å². The summed E-state index contributed by atoms with van der Waals surface area (Å²) in [5, 5.41) is 3.23. The standard InChI is InChI=1S/C21H32N2O2/c1-15(2)18(16-9-7-6-8-10-16)22-19(24)17-11-13-23(14-12-17)20(25)21(3,4)5/h6-10,15,17-18H,11-14H2,1-5H3,(H,22,24). The second-order valence-corrected chi connectivity index (χ2v) is 8.46.